The molecule has 2 saturated heterocycles. The van der Waals surface area contributed by atoms with Gasteiger partial charge in [-0.05, 0) is 57.7 Å². The maximum absolute atomic E-state index is 12.3. The number of halogens is 2. The van der Waals surface area contributed by atoms with Gasteiger partial charge in [-0.1, -0.05) is 6.92 Å². The highest BCUT2D eigenvalue weighted by atomic mass is 35.5. The van der Waals surface area contributed by atoms with Gasteiger partial charge in [0, 0.05) is 25.6 Å². The summed E-state index contributed by atoms with van der Waals surface area (Å²) in [7, 11) is 0. The minimum Gasteiger partial charge on any atom is -0.317 e. The summed E-state index contributed by atoms with van der Waals surface area (Å²) >= 11 is 0. The molecule has 0 radical (unpaired) electrons. The van der Waals surface area contributed by atoms with Crippen LogP contribution < -0.4 is 10.6 Å². The molecule has 0 aliphatic carbocycles. The summed E-state index contributed by atoms with van der Waals surface area (Å²) in [5.74, 6) is 1.68. The molecule has 6 nitrogen and oxygen atoms in total. The fraction of sp³-hybridized carbons (Fsp3) is 0.778. The van der Waals surface area contributed by atoms with Crippen molar-refractivity contribution >= 4 is 36.5 Å². The second-order valence-electron chi connectivity index (χ2n) is 7.11. The first-order chi connectivity index (χ1) is 11.8. The van der Waals surface area contributed by atoms with E-state index in [0.29, 0.717) is 18.4 Å². The smallest absolute Gasteiger partial charge is 0.225 e. The molecular formula is C18H33Cl2N5O. The van der Waals surface area contributed by atoms with Gasteiger partial charge in [0.2, 0.25) is 5.91 Å². The molecule has 8 heteroatoms. The van der Waals surface area contributed by atoms with E-state index in [1.54, 1.807) is 6.20 Å². The molecular weight excluding hydrogens is 373 g/mol. The molecule has 0 atom stereocenters. The minimum absolute atomic E-state index is 0. The van der Waals surface area contributed by atoms with E-state index >= 15 is 0 Å². The zero-order valence-electron chi connectivity index (χ0n) is 15.7. The van der Waals surface area contributed by atoms with Crippen LogP contribution in [0.5, 0.6) is 0 Å². The van der Waals surface area contributed by atoms with E-state index in [-0.39, 0.29) is 30.7 Å². The lowest BCUT2D eigenvalue weighted by Crippen LogP contribution is -2.35. The normalized spacial score (nSPS) is 19.4. The van der Waals surface area contributed by atoms with Crippen LogP contribution in [0.15, 0.2) is 12.3 Å². The Balaban J connectivity index is 0.00000169. The Labute approximate surface area is 169 Å². The lowest BCUT2D eigenvalue weighted by molar-refractivity contribution is -0.116. The molecule has 0 unspecified atom stereocenters. The monoisotopic (exact) mass is 405 g/mol. The van der Waals surface area contributed by atoms with Crippen LogP contribution in [-0.4, -0.2) is 53.3 Å². The lowest BCUT2D eigenvalue weighted by Gasteiger charge is -2.31. The maximum atomic E-state index is 12.3. The Morgan fingerprint density at radius 3 is 2.58 bits per heavy atom. The number of carbonyl (C=O) groups is 1. The first kappa shape index (κ1) is 23.2. The SMILES string of the molecule is CCN1CCC(n2nccc2NC(=O)CCC2CCNCC2)CC1.Cl.Cl. The van der Waals surface area contributed by atoms with Crippen molar-refractivity contribution < 1.29 is 4.79 Å². The number of nitrogens with zero attached hydrogens (tertiary/aromatic N) is 3. The molecule has 0 saturated carbocycles. The molecule has 1 aromatic rings. The quantitative estimate of drug-likeness (QED) is 0.762. The second-order valence-corrected chi connectivity index (χ2v) is 7.11. The number of likely N-dealkylation sites (tertiary alicyclic amines) is 1. The van der Waals surface area contributed by atoms with Crippen molar-refractivity contribution in [1.29, 1.82) is 0 Å². The Bertz CT molecular complexity index is 525. The van der Waals surface area contributed by atoms with Crippen molar-refractivity contribution in [3.05, 3.63) is 12.3 Å². The fourth-order valence-corrected chi connectivity index (χ4v) is 3.90. The molecule has 2 aliphatic rings. The summed E-state index contributed by atoms with van der Waals surface area (Å²) in [6.07, 6.45) is 8.01. The van der Waals surface area contributed by atoms with Crippen LogP contribution in [0.3, 0.4) is 0 Å². The number of amides is 1. The average Bonchev–Trinajstić information content (AvgIpc) is 3.09. The third-order valence-corrected chi connectivity index (χ3v) is 5.53. The molecule has 150 valence electrons. The second kappa shape index (κ2) is 11.8. The van der Waals surface area contributed by atoms with E-state index in [0.717, 1.165) is 57.8 Å². The van der Waals surface area contributed by atoms with Gasteiger partial charge in [0.15, 0.2) is 0 Å². The minimum atomic E-state index is 0. The van der Waals surface area contributed by atoms with Crippen LogP contribution in [0.4, 0.5) is 5.82 Å². The molecule has 26 heavy (non-hydrogen) atoms. The van der Waals surface area contributed by atoms with Gasteiger partial charge in [-0.25, -0.2) is 4.68 Å². The summed E-state index contributed by atoms with van der Waals surface area (Å²) in [5.41, 5.74) is 0. The molecule has 1 amide bonds. The van der Waals surface area contributed by atoms with Crippen molar-refractivity contribution in [3.8, 4) is 0 Å². The van der Waals surface area contributed by atoms with Gasteiger partial charge in [-0.3, -0.25) is 4.79 Å². The number of anilines is 1. The third kappa shape index (κ3) is 6.41. The number of hydrogen-bond acceptors (Lipinski definition) is 4. The summed E-state index contributed by atoms with van der Waals surface area (Å²) in [6, 6.07) is 2.33. The summed E-state index contributed by atoms with van der Waals surface area (Å²) < 4.78 is 2.02. The van der Waals surface area contributed by atoms with E-state index in [4.69, 9.17) is 0 Å². The molecule has 2 fully saturated rings. The lowest BCUT2D eigenvalue weighted by atomic mass is 9.93. The molecule has 0 spiro atoms. The molecule has 1 aromatic heterocycles. The van der Waals surface area contributed by atoms with E-state index in [1.165, 1.54) is 12.8 Å². The third-order valence-electron chi connectivity index (χ3n) is 5.53. The largest absolute Gasteiger partial charge is 0.317 e. The van der Waals surface area contributed by atoms with E-state index < -0.39 is 0 Å². The molecule has 3 heterocycles. The summed E-state index contributed by atoms with van der Waals surface area (Å²) in [5, 5.41) is 10.9. The van der Waals surface area contributed by atoms with Crippen molar-refractivity contribution in [2.24, 2.45) is 5.92 Å². The highest BCUT2D eigenvalue weighted by Crippen LogP contribution is 2.25. The fourth-order valence-electron chi connectivity index (χ4n) is 3.90. The van der Waals surface area contributed by atoms with Gasteiger partial charge in [-0.15, -0.1) is 24.8 Å². The van der Waals surface area contributed by atoms with Crippen molar-refractivity contribution in [1.82, 2.24) is 20.0 Å². The van der Waals surface area contributed by atoms with E-state index in [1.807, 2.05) is 10.7 Å². The van der Waals surface area contributed by atoms with Crippen molar-refractivity contribution in [3.63, 3.8) is 0 Å². The predicted octanol–water partition coefficient (Wildman–Crippen LogP) is 3.10. The van der Waals surface area contributed by atoms with E-state index in [9.17, 15) is 4.79 Å². The van der Waals surface area contributed by atoms with Gasteiger partial charge in [0.1, 0.15) is 5.82 Å². The molecule has 0 aromatic carbocycles. The van der Waals surface area contributed by atoms with Crippen LogP contribution in [0.1, 0.15) is 51.5 Å². The van der Waals surface area contributed by atoms with Gasteiger partial charge in [-0.2, -0.15) is 5.10 Å². The van der Waals surface area contributed by atoms with Gasteiger partial charge in [0.25, 0.3) is 0 Å². The number of aromatic nitrogens is 2. The topological polar surface area (TPSA) is 62.2 Å². The van der Waals surface area contributed by atoms with Crippen LogP contribution in [-0.2, 0) is 4.79 Å². The number of piperidine rings is 2. The number of nitrogens with one attached hydrogen (secondary N) is 2. The van der Waals surface area contributed by atoms with Crippen LogP contribution >= 0.6 is 24.8 Å². The number of hydrogen-bond donors (Lipinski definition) is 2. The van der Waals surface area contributed by atoms with Gasteiger partial charge < -0.3 is 15.5 Å². The van der Waals surface area contributed by atoms with Gasteiger partial charge in [0.05, 0.1) is 12.2 Å². The molecule has 2 N–H and O–H groups in total. The average molecular weight is 406 g/mol. The predicted molar refractivity (Wildman–Crippen MR) is 111 cm³/mol. The zero-order valence-corrected chi connectivity index (χ0v) is 17.3. The van der Waals surface area contributed by atoms with Crippen molar-refractivity contribution in [2.45, 2.75) is 51.5 Å². The zero-order chi connectivity index (χ0) is 16.8. The Kier molecular flexibility index (Phi) is 10.5. The highest BCUT2D eigenvalue weighted by Gasteiger charge is 2.22. The van der Waals surface area contributed by atoms with Crippen LogP contribution in [0.25, 0.3) is 0 Å². The Morgan fingerprint density at radius 1 is 1.23 bits per heavy atom. The van der Waals surface area contributed by atoms with Crippen LogP contribution in [0.2, 0.25) is 0 Å². The Hall–Kier alpha value is -0.820. The Morgan fingerprint density at radius 2 is 1.92 bits per heavy atom. The highest BCUT2D eigenvalue weighted by molar-refractivity contribution is 5.89. The van der Waals surface area contributed by atoms with Crippen LogP contribution in [0, 0.1) is 5.92 Å². The first-order valence-electron chi connectivity index (χ1n) is 9.52. The van der Waals surface area contributed by atoms with E-state index in [2.05, 4.69) is 27.6 Å². The first-order valence-corrected chi connectivity index (χ1v) is 9.52. The summed E-state index contributed by atoms with van der Waals surface area (Å²) in [6.45, 7) is 7.74. The maximum Gasteiger partial charge on any atom is 0.225 e. The molecule has 0 bridgehead atoms. The molecule has 2 aliphatic heterocycles. The van der Waals surface area contributed by atoms with Gasteiger partial charge >= 0.3 is 0 Å². The van der Waals surface area contributed by atoms with Crippen molar-refractivity contribution in [2.75, 3.05) is 38.0 Å². The number of rotatable bonds is 6. The standard InChI is InChI=1S/C18H31N5O.2ClH/c1-2-22-13-8-16(9-14-22)23-17(7-12-20-23)21-18(24)4-3-15-5-10-19-11-6-15;;/h7,12,15-16,19H,2-6,8-11,13-14H2,1H3,(H,21,24);2*1H. The molecule has 3 rings (SSSR count). The number of carbonyl (C=O) groups excluding carboxylic acids is 1. The summed E-state index contributed by atoms with van der Waals surface area (Å²) in [4.78, 5) is 14.8.